The molecule has 2 saturated heterocycles. The molecular weight excluding hydrogens is 224 g/mol. The van der Waals surface area contributed by atoms with Gasteiger partial charge in [0.25, 0.3) is 0 Å². The number of carbonyl (C=O) groups excluding carboxylic acids is 1. The van der Waals surface area contributed by atoms with Crippen LogP contribution in [-0.4, -0.2) is 37.0 Å². The van der Waals surface area contributed by atoms with Gasteiger partial charge in [-0.05, 0) is 57.0 Å². The predicted octanol–water partition coefficient (Wildman–Crippen LogP) is 2.17. The maximum Gasteiger partial charge on any atom is 0.225 e. The summed E-state index contributed by atoms with van der Waals surface area (Å²) < 4.78 is 0. The van der Waals surface area contributed by atoms with Gasteiger partial charge in [0.05, 0.1) is 0 Å². The number of nitrogens with one attached hydrogen (secondary N) is 1. The van der Waals surface area contributed by atoms with Crippen LogP contribution in [0.1, 0.15) is 51.4 Å². The van der Waals surface area contributed by atoms with Crippen LogP contribution < -0.4 is 5.32 Å². The Bertz CT molecular complexity index is 302. The van der Waals surface area contributed by atoms with Gasteiger partial charge in [0.15, 0.2) is 0 Å². The first kappa shape index (κ1) is 12.5. The van der Waals surface area contributed by atoms with Crippen molar-refractivity contribution in [1.29, 1.82) is 0 Å². The molecule has 0 radical (unpaired) electrons. The summed E-state index contributed by atoms with van der Waals surface area (Å²) >= 11 is 0. The van der Waals surface area contributed by atoms with Crippen LogP contribution in [0.15, 0.2) is 0 Å². The molecule has 18 heavy (non-hydrogen) atoms. The summed E-state index contributed by atoms with van der Waals surface area (Å²) in [5.41, 5.74) is 0.526. The molecule has 3 aliphatic rings. The van der Waals surface area contributed by atoms with Gasteiger partial charge < -0.3 is 10.2 Å². The van der Waals surface area contributed by atoms with Crippen molar-refractivity contribution in [2.75, 3.05) is 26.2 Å². The van der Waals surface area contributed by atoms with Gasteiger partial charge in [-0.2, -0.15) is 0 Å². The van der Waals surface area contributed by atoms with Gasteiger partial charge >= 0.3 is 0 Å². The van der Waals surface area contributed by atoms with E-state index in [1.54, 1.807) is 0 Å². The lowest BCUT2D eigenvalue weighted by molar-refractivity contribution is -0.135. The molecule has 2 heterocycles. The van der Waals surface area contributed by atoms with E-state index in [2.05, 4.69) is 10.2 Å². The SMILES string of the molecule is O=C(C1CCCNCC1)N1CCC2(CCCC2)C1. The summed E-state index contributed by atoms with van der Waals surface area (Å²) in [5, 5.41) is 3.40. The van der Waals surface area contributed by atoms with Crippen LogP contribution in [0.3, 0.4) is 0 Å². The van der Waals surface area contributed by atoms with Gasteiger partial charge in [-0.1, -0.05) is 12.8 Å². The Kier molecular flexibility index (Phi) is 3.60. The molecular formula is C15H26N2O. The summed E-state index contributed by atoms with van der Waals surface area (Å²) in [7, 11) is 0. The lowest BCUT2D eigenvalue weighted by atomic mass is 9.85. The number of hydrogen-bond acceptors (Lipinski definition) is 2. The quantitative estimate of drug-likeness (QED) is 0.773. The standard InChI is InChI=1S/C15H26N2O/c18-14(13-4-3-9-16-10-5-13)17-11-8-15(12-17)6-1-2-7-15/h13,16H,1-12H2. The molecule has 3 rings (SSSR count). The highest BCUT2D eigenvalue weighted by atomic mass is 16.2. The first-order chi connectivity index (χ1) is 8.79. The third kappa shape index (κ3) is 2.42. The lowest BCUT2D eigenvalue weighted by Gasteiger charge is -2.26. The zero-order valence-electron chi connectivity index (χ0n) is 11.4. The largest absolute Gasteiger partial charge is 0.342 e. The first-order valence-electron chi connectivity index (χ1n) is 7.79. The van der Waals surface area contributed by atoms with Crippen LogP contribution in [0.5, 0.6) is 0 Å². The predicted molar refractivity (Wildman–Crippen MR) is 72.3 cm³/mol. The van der Waals surface area contributed by atoms with E-state index >= 15 is 0 Å². The molecule has 0 aromatic heterocycles. The summed E-state index contributed by atoms with van der Waals surface area (Å²) in [4.78, 5) is 14.8. The van der Waals surface area contributed by atoms with E-state index in [4.69, 9.17) is 0 Å². The molecule has 3 heteroatoms. The molecule has 0 aromatic rings. The van der Waals surface area contributed by atoms with E-state index in [-0.39, 0.29) is 0 Å². The average Bonchev–Trinajstić information content (AvgIpc) is 2.92. The van der Waals surface area contributed by atoms with Crippen LogP contribution >= 0.6 is 0 Å². The van der Waals surface area contributed by atoms with Gasteiger partial charge in [0, 0.05) is 19.0 Å². The normalized spacial score (nSPS) is 31.8. The Hall–Kier alpha value is -0.570. The highest BCUT2D eigenvalue weighted by molar-refractivity contribution is 5.79. The van der Waals surface area contributed by atoms with Gasteiger partial charge in [-0.3, -0.25) is 4.79 Å². The fraction of sp³-hybridized carbons (Fsp3) is 0.933. The van der Waals surface area contributed by atoms with Gasteiger partial charge in [0.1, 0.15) is 0 Å². The van der Waals surface area contributed by atoms with Crippen molar-refractivity contribution in [3.63, 3.8) is 0 Å². The molecule has 1 spiro atoms. The molecule has 0 bridgehead atoms. The fourth-order valence-electron chi connectivity index (χ4n) is 4.18. The number of amides is 1. The summed E-state index contributed by atoms with van der Waals surface area (Å²) in [6.07, 6.45) is 10.1. The molecule has 1 atom stereocenters. The van der Waals surface area contributed by atoms with Gasteiger partial charge in [-0.15, -0.1) is 0 Å². The van der Waals surface area contributed by atoms with E-state index < -0.39 is 0 Å². The molecule has 3 fully saturated rings. The van der Waals surface area contributed by atoms with Crippen LogP contribution in [0, 0.1) is 11.3 Å². The Morgan fingerprint density at radius 2 is 1.89 bits per heavy atom. The molecule has 102 valence electrons. The second-order valence-corrected chi connectivity index (χ2v) is 6.59. The average molecular weight is 250 g/mol. The van der Waals surface area contributed by atoms with E-state index in [1.807, 2.05) is 0 Å². The van der Waals surface area contributed by atoms with E-state index in [0.29, 0.717) is 17.2 Å². The van der Waals surface area contributed by atoms with Crippen molar-refractivity contribution in [1.82, 2.24) is 10.2 Å². The van der Waals surface area contributed by atoms with Crippen LogP contribution in [0.2, 0.25) is 0 Å². The molecule has 3 nitrogen and oxygen atoms in total. The highest BCUT2D eigenvalue weighted by Crippen LogP contribution is 2.45. The van der Waals surface area contributed by atoms with E-state index in [0.717, 1.165) is 45.4 Å². The minimum Gasteiger partial charge on any atom is -0.342 e. The topological polar surface area (TPSA) is 32.3 Å². The number of rotatable bonds is 1. The second-order valence-electron chi connectivity index (χ2n) is 6.59. The van der Waals surface area contributed by atoms with Crippen LogP contribution in [0.25, 0.3) is 0 Å². The summed E-state index contributed by atoms with van der Waals surface area (Å²) in [6.45, 7) is 4.21. The third-order valence-corrected chi connectivity index (χ3v) is 5.34. The Labute approximate surface area is 110 Å². The molecule has 0 aromatic carbocycles. The van der Waals surface area contributed by atoms with Crippen molar-refractivity contribution in [3.05, 3.63) is 0 Å². The van der Waals surface area contributed by atoms with Crippen molar-refractivity contribution in [2.45, 2.75) is 51.4 Å². The zero-order valence-corrected chi connectivity index (χ0v) is 11.4. The Morgan fingerprint density at radius 3 is 2.72 bits per heavy atom. The molecule has 1 N–H and O–H groups in total. The lowest BCUT2D eigenvalue weighted by Crippen LogP contribution is -2.36. The van der Waals surface area contributed by atoms with E-state index in [9.17, 15) is 4.79 Å². The van der Waals surface area contributed by atoms with Crippen molar-refractivity contribution in [3.8, 4) is 0 Å². The Balaban J connectivity index is 1.59. The van der Waals surface area contributed by atoms with Crippen LogP contribution in [-0.2, 0) is 4.79 Å². The molecule has 1 unspecified atom stereocenters. The van der Waals surface area contributed by atoms with Crippen molar-refractivity contribution in [2.24, 2.45) is 11.3 Å². The minimum absolute atomic E-state index is 0.302. The molecule has 2 aliphatic heterocycles. The smallest absolute Gasteiger partial charge is 0.225 e. The number of nitrogens with zero attached hydrogens (tertiary/aromatic N) is 1. The van der Waals surface area contributed by atoms with Gasteiger partial charge in [-0.25, -0.2) is 0 Å². The summed E-state index contributed by atoms with van der Waals surface area (Å²) in [5.74, 6) is 0.763. The minimum atomic E-state index is 0.302. The fourth-order valence-corrected chi connectivity index (χ4v) is 4.18. The highest BCUT2D eigenvalue weighted by Gasteiger charge is 2.42. The maximum absolute atomic E-state index is 12.6. The first-order valence-corrected chi connectivity index (χ1v) is 7.79. The van der Waals surface area contributed by atoms with Gasteiger partial charge in [0.2, 0.25) is 5.91 Å². The van der Waals surface area contributed by atoms with Crippen LogP contribution in [0.4, 0.5) is 0 Å². The van der Waals surface area contributed by atoms with E-state index in [1.165, 1.54) is 32.1 Å². The van der Waals surface area contributed by atoms with Crippen molar-refractivity contribution < 1.29 is 4.79 Å². The second kappa shape index (κ2) is 5.20. The zero-order chi connectivity index (χ0) is 12.4. The Morgan fingerprint density at radius 1 is 1.06 bits per heavy atom. The molecule has 1 aliphatic carbocycles. The van der Waals surface area contributed by atoms with Crippen molar-refractivity contribution >= 4 is 5.91 Å². The number of likely N-dealkylation sites (tertiary alicyclic amines) is 1. The maximum atomic E-state index is 12.6. The number of carbonyl (C=O) groups is 1. The monoisotopic (exact) mass is 250 g/mol. The third-order valence-electron chi connectivity index (χ3n) is 5.34. The molecule has 1 amide bonds. The summed E-state index contributed by atoms with van der Waals surface area (Å²) in [6, 6.07) is 0. The molecule has 1 saturated carbocycles. The number of hydrogen-bond donors (Lipinski definition) is 1.